The zero-order valence-corrected chi connectivity index (χ0v) is 10.9. The molecule has 1 nitrogen and oxygen atoms in total. The maximum absolute atomic E-state index is 13.2. The Bertz CT molecular complexity index is 602. The van der Waals surface area contributed by atoms with E-state index >= 15 is 0 Å². The fourth-order valence-corrected chi connectivity index (χ4v) is 1.89. The van der Waals surface area contributed by atoms with Gasteiger partial charge in [0.05, 0.1) is 10.0 Å². The molecule has 2 aromatic carbocycles. The van der Waals surface area contributed by atoms with Crippen molar-refractivity contribution in [1.29, 1.82) is 0 Å². The van der Waals surface area contributed by atoms with Gasteiger partial charge in [0.25, 0.3) is 0 Å². The van der Waals surface area contributed by atoms with Gasteiger partial charge in [0.1, 0.15) is 11.6 Å². The molecule has 19 heavy (non-hydrogen) atoms. The molecule has 6 heteroatoms. The Balaban J connectivity index is 2.52. The first-order valence-electron chi connectivity index (χ1n) is 5.17. The Morgan fingerprint density at radius 2 is 1.68 bits per heavy atom. The van der Waals surface area contributed by atoms with Gasteiger partial charge in [-0.25, -0.2) is 4.39 Å². The topological polar surface area (TPSA) is 9.23 Å². The van der Waals surface area contributed by atoms with E-state index in [4.69, 9.17) is 23.2 Å². The van der Waals surface area contributed by atoms with Crippen molar-refractivity contribution in [2.24, 2.45) is 0 Å². The van der Waals surface area contributed by atoms with Crippen molar-refractivity contribution in [3.8, 4) is 16.9 Å². The van der Waals surface area contributed by atoms with Gasteiger partial charge >= 0.3 is 6.61 Å². The van der Waals surface area contributed by atoms with Crippen LogP contribution in [-0.4, -0.2) is 6.61 Å². The van der Waals surface area contributed by atoms with E-state index in [9.17, 15) is 13.2 Å². The van der Waals surface area contributed by atoms with Crippen LogP contribution in [0.15, 0.2) is 36.4 Å². The fourth-order valence-electron chi connectivity index (χ4n) is 1.59. The fraction of sp³-hybridized carbons (Fsp3) is 0.0769. The van der Waals surface area contributed by atoms with Crippen molar-refractivity contribution in [2.75, 3.05) is 0 Å². The van der Waals surface area contributed by atoms with Gasteiger partial charge in [-0.05, 0) is 35.9 Å². The van der Waals surface area contributed by atoms with Gasteiger partial charge in [0, 0.05) is 5.56 Å². The minimum absolute atomic E-state index is 0.130. The molecule has 0 N–H and O–H groups in total. The molecule has 0 bridgehead atoms. The van der Waals surface area contributed by atoms with Crippen molar-refractivity contribution in [2.45, 2.75) is 6.61 Å². The second kappa shape index (κ2) is 5.72. The van der Waals surface area contributed by atoms with Crippen molar-refractivity contribution < 1.29 is 17.9 Å². The van der Waals surface area contributed by atoms with Crippen molar-refractivity contribution >= 4 is 23.2 Å². The third-order valence-electron chi connectivity index (χ3n) is 2.39. The average molecular weight is 307 g/mol. The molecular formula is C13H7Cl2F3O. The summed E-state index contributed by atoms with van der Waals surface area (Å²) >= 11 is 11.6. The van der Waals surface area contributed by atoms with Gasteiger partial charge in [-0.3, -0.25) is 0 Å². The molecule has 0 aliphatic rings. The van der Waals surface area contributed by atoms with Crippen LogP contribution in [0.5, 0.6) is 5.75 Å². The van der Waals surface area contributed by atoms with Crippen molar-refractivity contribution in [3.05, 3.63) is 52.3 Å². The molecule has 0 saturated carbocycles. The van der Waals surface area contributed by atoms with E-state index in [-0.39, 0.29) is 16.3 Å². The first kappa shape index (κ1) is 14.0. The predicted molar refractivity (Wildman–Crippen MR) is 68.5 cm³/mol. The Morgan fingerprint density at radius 1 is 0.947 bits per heavy atom. The molecule has 0 aliphatic carbocycles. The van der Waals surface area contributed by atoms with Crippen LogP contribution in [-0.2, 0) is 0 Å². The number of rotatable bonds is 3. The molecule has 0 saturated heterocycles. The van der Waals surface area contributed by atoms with Gasteiger partial charge in [-0.1, -0.05) is 29.3 Å². The van der Waals surface area contributed by atoms with E-state index in [0.717, 1.165) is 18.2 Å². The molecule has 0 aliphatic heterocycles. The van der Waals surface area contributed by atoms with Crippen molar-refractivity contribution in [1.82, 2.24) is 0 Å². The minimum atomic E-state index is -2.99. The summed E-state index contributed by atoms with van der Waals surface area (Å²) < 4.78 is 42.2. The summed E-state index contributed by atoms with van der Waals surface area (Å²) in [6.07, 6.45) is 0. The maximum Gasteiger partial charge on any atom is 0.387 e. The molecule has 0 spiro atoms. The number of ether oxygens (including phenoxy) is 1. The number of hydrogen-bond donors (Lipinski definition) is 0. The molecule has 0 unspecified atom stereocenters. The lowest BCUT2D eigenvalue weighted by Crippen LogP contribution is -2.03. The Labute approximate surface area is 117 Å². The highest BCUT2D eigenvalue weighted by Crippen LogP contribution is 2.35. The highest BCUT2D eigenvalue weighted by molar-refractivity contribution is 6.42. The second-order valence-corrected chi connectivity index (χ2v) is 4.46. The standard InChI is InChI=1S/C13H7Cl2F3O/c14-10-3-1-7(5-11(10)15)9-6-8(16)2-4-12(9)19-13(17)18/h1-6,13H. The van der Waals surface area contributed by atoms with E-state index in [1.165, 1.54) is 12.1 Å². The summed E-state index contributed by atoms with van der Waals surface area (Å²) in [5.74, 6) is -0.697. The lowest BCUT2D eigenvalue weighted by molar-refractivity contribution is -0.0494. The first-order chi connectivity index (χ1) is 8.97. The molecule has 2 rings (SSSR count). The Hall–Kier alpha value is -1.39. The van der Waals surface area contributed by atoms with Gasteiger partial charge in [0.15, 0.2) is 0 Å². The third-order valence-corrected chi connectivity index (χ3v) is 3.13. The summed E-state index contributed by atoms with van der Waals surface area (Å²) in [5, 5.41) is 0.560. The van der Waals surface area contributed by atoms with E-state index in [1.54, 1.807) is 6.07 Å². The minimum Gasteiger partial charge on any atom is -0.434 e. The lowest BCUT2D eigenvalue weighted by Gasteiger charge is -2.11. The number of alkyl halides is 2. The normalized spacial score (nSPS) is 10.8. The largest absolute Gasteiger partial charge is 0.434 e. The number of hydrogen-bond acceptors (Lipinski definition) is 1. The Morgan fingerprint density at radius 3 is 2.32 bits per heavy atom. The van der Waals surface area contributed by atoms with E-state index in [0.29, 0.717) is 10.6 Å². The summed E-state index contributed by atoms with van der Waals surface area (Å²) in [4.78, 5) is 0. The molecule has 2 aromatic rings. The quantitative estimate of drug-likeness (QED) is 0.737. The smallest absolute Gasteiger partial charge is 0.387 e. The van der Waals surface area contributed by atoms with Crippen LogP contribution in [0.25, 0.3) is 11.1 Å². The monoisotopic (exact) mass is 306 g/mol. The second-order valence-electron chi connectivity index (χ2n) is 3.65. The van der Waals surface area contributed by atoms with Gasteiger partial charge < -0.3 is 4.74 Å². The van der Waals surface area contributed by atoms with E-state index < -0.39 is 12.4 Å². The average Bonchev–Trinajstić information content (AvgIpc) is 2.34. The summed E-state index contributed by atoms with van der Waals surface area (Å²) in [6, 6.07) is 7.77. The van der Waals surface area contributed by atoms with Gasteiger partial charge in [-0.2, -0.15) is 8.78 Å². The van der Waals surface area contributed by atoms with Crippen molar-refractivity contribution in [3.63, 3.8) is 0 Å². The van der Waals surface area contributed by atoms with Crippen LogP contribution in [0, 0.1) is 5.82 Å². The highest BCUT2D eigenvalue weighted by atomic mass is 35.5. The van der Waals surface area contributed by atoms with E-state index in [2.05, 4.69) is 4.74 Å². The summed E-state index contributed by atoms with van der Waals surface area (Å²) in [6.45, 7) is -2.99. The zero-order valence-electron chi connectivity index (χ0n) is 9.34. The molecular weight excluding hydrogens is 300 g/mol. The lowest BCUT2D eigenvalue weighted by atomic mass is 10.0. The Kier molecular flexibility index (Phi) is 4.22. The van der Waals surface area contributed by atoms with Crippen LogP contribution in [0.1, 0.15) is 0 Å². The first-order valence-corrected chi connectivity index (χ1v) is 5.93. The highest BCUT2D eigenvalue weighted by Gasteiger charge is 2.13. The number of halogens is 5. The van der Waals surface area contributed by atoms with Crippen LogP contribution in [0.4, 0.5) is 13.2 Å². The zero-order chi connectivity index (χ0) is 14.0. The molecule has 0 aromatic heterocycles. The molecule has 100 valence electrons. The predicted octanol–water partition coefficient (Wildman–Crippen LogP) is 5.40. The third kappa shape index (κ3) is 3.33. The molecule has 0 fully saturated rings. The maximum atomic E-state index is 13.2. The number of benzene rings is 2. The SMILES string of the molecule is Fc1ccc(OC(F)F)c(-c2ccc(Cl)c(Cl)c2)c1. The van der Waals surface area contributed by atoms with Crippen LogP contribution in [0.2, 0.25) is 10.0 Å². The summed E-state index contributed by atoms with van der Waals surface area (Å²) in [5.41, 5.74) is 0.614. The molecule has 0 atom stereocenters. The van der Waals surface area contributed by atoms with Crippen LogP contribution < -0.4 is 4.74 Å². The molecule has 0 heterocycles. The van der Waals surface area contributed by atoms with Crippen LogP contribution >= 0.6 is 23.2 Å². The molecule has 0 amide bonds. The van der Waals surface area contributed by atoms with E-state index in [1.807, 2.05) is 0 Å². The summed E-state index contributed by atoms with van der Waals surface area (Å²) in [7, 11) is 0. The van der Waals surface area contributed by atoms with Crippen LogP contribution in [0.3, 0.4) is 0 Å². The molecule has 0 radical (unpaired) electrons. The van der Waals surface area contributed by atoms with Gasteiger partial charge in [-0.15, -0.1) is 0 Å². The van der Waals surface area contributed by atoms with Gasteiger partial charge in [0.2, 0.25) is 0 Å².